The standard InChI is InChI=1S/C67H64N4O/c1-64(2,3)49-36-37-68-63(42-49)71-59-31-20-19-30-57(59)58-34-33-56(44-61(58)71)72-55-29-21-28-53(43-55)69-45-70(62-41-50(32-35-60(62)69)65(4,5)46-22-13-10-14-23-46)54-39-51(66(6,7)47-24-15-11-16-25-47)38-52(40-54)67(8,9)48-26-17-12-18-27-48/h10-44H,45H2,1-9H3. The summed E-state index contributed by atoms with van der Waals surface area (Å²) >= 11 is 0. The van der Waals surface area contributed by atoms with Crippen LogP contribution < -0.4 is 14.5 Å². The summed E-state index contributed by atoms with van der Waals surface area (Å²) in [6.07, 6.45) is 1.93. The third-order valence-corrected chi connectivity index (χ3v) is 15.6. The van der Waals surface area contributed by atoms with Crippen molar-refractivity contribution in [3.63, 3.8) is 0 Å². The maximum absolute atomic E-state index is 6.88. The molecule has 0 saturated carbocycles. The third kappa shape index (κ3) is 8.31. The molecule has 2 aromatic heterocycles. The monoisotopic (exact) mass is 941 g/mol. The number of ether oxygens (including phenoxy) is 1. The van der Waals surface area contributed by atoms with Crippen LogP contribution in [-0.4, -0.2) is 16.2 Å². The van der Waals surface area contributed by atoms with Gasteiger partial charge in [0.1, 0.15) is 24.0 Å². The molecule has 0 fully saturated rings. The molecule has 0 radical (unpaired) electrons. The molecule has 0 bridgehead atoms. The van der Waals surface area contributed by atoms with Crippen LogP contribution in [0.3, 0.4) is 0 Å². The van der Waals surface area contributed by atoms with E-state index in [1.54, 1.807) is 0 Å². The number of hydrogen-bond donors (Lipinski definition) is 0. The van der Waals surface area contributed by atoms with E-state index in [0.29, 0.717) is 6.67 Å². The largest absolute Gasteiger partial charge is 0.457 e. The Bertz CT molecular complexity index is 3530. The summed E-state index contributed by atoms with van der Waals surface area (Å²) < 4.78 is 9.15. The van der Waals surface area contributed by atoms with E-state index in [4.69, 9.17) is 9.72 Å². The highest BCUT2D eigenvalue weighted by molar-refractivity contribution is 6.09. The van der Waals surface area contributed by atoms with Crippen molar-refractivity contribution in [3.8, 4) is 17.3 Å². The molecule has 3 heterocycles. The fourth-order valence-corrected chi connectivity index (χ4v) is 10.8. The van der Waals surface area contributed by atoms with Crippen LogP contribution in [0.2, 0.25) is 0 Å². The molecule has 0 saturated heterocycles. The summed E-state index contributed by atoms with van der Waals surface area (Å²) in [6, 6.07) is 75.0. The minimum Gasteiger partial charge on any atom is -0.457 e. The maximum atomic E-state index is 6.88. The number of fused-ring (bicyclic) bond motifs is 4. The topological polar surface area (TPSA) is 33.5 Å². The molecule has 0 unspecified atom stereocenters. The highest BCUT2D eigenvalue weighted by Gasteiger charge is 2.35. The van der Waals surface area contributed by atoms with Crippen molar-refractivity contribution < 1.29 is 4.74 Å². The van der Waals surface area contributed by atoms with E-state index in [1.807, 2.05) is 6.20 Å². The zero-order chi connectivity index (χ0) is 50.0. The summed E-state index contributed by atoms with van der Waals surface area (Å²) in [5.74, 6) is 2.42. The lowest BCUT2D eigenvalue weighted by Crippen LogP contribution is -2.27. The molecule has 358 valence electrons. The number of rotatable bonds is 11. The maximum Gasteiger partial charge on any atom is 0.137 e. The minimum absolute atomic E-state index is 0.0186. The molecule has 11 rings (SSSR count). The number of para-hydroxylation sites is 1. The van der Waals surface area contributed by atoms with Gasteiger partial charge in [0.15, 0.2) is 0 Å². The molecule has 5 heteroatoms. The van der Waals surface area contributed by atoms with Gasteiger partial charge >= 0.3 is 0 Å². The molecular formula is C67H64N4O. The Kier molecular flexibility index (Phi) is 11.5. The van der Waals surface area contributed by atoms with Crippen LogP contribution in [0, 0.1) is 0 Å². The van der Waals surface area contributed by atoms with Crippen molar-refractivity contribution in [2.24, 2.45) is 0 Å². The molecular weight excluding hydrogens is 877 g/mol. The van der Waals surface area contributed by atoms with Gasteiger partial charge in [-0.3, -0.25) is 4.57 Å². The predicted molar refractivity (Wildman–Crippen MR) is 302 cm³/mol. The molecule has 0 atom stereocenters. The van der Waals surface area contributed by atoms with Gasteiger partial charge in [0.05, 0.1) is 22.4 Å². The molecule has 5 nitrogen and oxygen atoms in total. The Morgan fingerprint density at radius 1 is 0.375 bits per heavy atom. The van der Waals surface area contributed by atoms with Crippen LogP contribution in [0.1, 0.15) is 101 Å². The summed E-state index contributed by atoms with van der Waals surface area (Å²) in [6.45, 7) is 21.4. The van der Waals surface area contributed by atoms with Crippen LogP contribution in [0.15, 0.2) is 212 Å². The van der Waals surface area contributed by atoms with Crippen molar-refractivity contribution >= 4 is 44.6 Å². The molecule has 0 N–H and O–H groups in total. The Hall–Kier alpha value is -7.89. The molecule has 0 aliphatic carbocycles. The van der Waals surface area contributed by atoms with Crippen molar-refractivity contribution in [1.82, 2.24) is 9.55 Å². The fourth-order valence-electron chi connectivity index (χ4n) is 10.8. The lowest BCUT2D eigenvalue weighted by atomic mass is 9.73. The molecule has 8 aromatic carbocycles. The summed E-state index contributed by atoms with van der Waals surface area (Å²) in [5, 5.41) is 2.34. The zero-order valence-electron chi connectivity index (χ0n) is 43.1. The molecule has 72 heavy (non-hydrogen) atoms. The van der Waals surface area contributed by atoms with Gasteiger partial charge in [-0.2, -0.15) is 0 Å². The van der Waals surface area contributed by atoms with E-state index < -0.39 is 0 Å². The highest BCUT2D eigenvalue weighted by atomic mass is 16.5. The van der Waals surface area contributed by atoms with Crippen LogP contribution in [0.5, 0.6) is 11.5 Å². The van der Waals surface area contributed by atoms with E-state index in [9.17, 15) is 0 Å². The Balaban J connectivity index is 1.02. The van der Waals surface area contributed by atoms with Crippen molar-refractivity contribution in [2.45, 2.75) is 84.0 Å². The van der Waals surface area contributed by atoms with E-state index >= 15 is 0 Å². The number of nitrogens with zero attached hydrogens (tertiary/aromatic N) is 4. The van der Waals surface area contributed by atoms with Gasteiger partial charge in [0, 0.05) is 56.7 Å². The smallest absolute Gasteiger partial charge is 0.137 e. The Morgan fingerprint density at radius 2 is 0.931 bits per heavy atom. The molecule has 10 aromatic rings. The first kappa shape index (κ1) is 46.5. The van der Waals surface area contributed by atoms with Crippen LogP contribution in [-0.2, 0) is 21.7 Å². The zero-order valence-corrected chi connectivity index (χ0v) is 43.1. The van der Waals surface area contributed by atoms with Gasteiger partial charge in [-0.25, -0.2) is 4.98 Å². The second-order valence-corrected chi connectivity index (χ2v) is 22.2. The molecule has 1 aliphatic heterocycles. The van der Waals surface area contributed by atoms with Crippen molar-refractivity contribution in [3.05, 3.63) is 251 Å². The Labute approximate surface area is 426 Å². The van der Waals surface area contributed by atoms with Gasteiger partial charge < -0.3 is 14.5 Å². The molecule has 1 aliphatic rings. The number of aromatic nitrogens is 2. The minimum atomic E-state index is -0.270. The lowest BCUT2D eigenvalue weighted by Gasteiger charge is -2.33. The summed E-state index contributed by atoms with van der Waals surface area (Å²) in [4.78, 5) is 9.88. The van der Waals surface area contributed by atoms with Gasteiger partial charge in [-0.1, -0.05) is 190 Å². The summed E-state index contributed by atoms with van der Waals surface area (Å²) in [7, 11) is 0. The first-order valence-electron chi connectivity index (χ1n) is 25.4. The van der Waals surface area contributed by atoms with E-state index in [0.717, 1.165) is 50.8 Å². The van der Waals surface area contributed by atoms with Gasteiger partial charge in [0.2, 0.25) is 0 Å². The third-order valence-electron chi connectivity index (χ3n) is 15.6. The van der Waals surface area contributed by atoms with Crippen molar-refractivity contribution in [1.29, 1.82) is 0 Å². The average Bonchev–Trinajstić information content (AvgIpc) is 3.95. The lowest BCUT2D eigenvalue weighted by molar-refractivity contribution is 0.483. The predicted octanol–water partition coefficient (Wildman–Crippen LogP) is 17.5. The highest BCUT2D eigenvalue weighted by Crippen LogP contribution is 2.50. The SMILES string of the molecule is CC(C)(C)c1ccnc(-n2c3ccccc3c3ccc(Oc4cccc(N5CN(c6cc(C(C)(C)c7ccccc7)cc(C(C)(C)c7ccccc7)c6)c6cc(C(C)(C)c7ccccc7)ccc65)c4)cc32)c1. The molecule has 0 spiro atoms. The number of pyridine rings is 1. The first-order valence-corrected chi connectivity index (χ1v) is 25.4. The number of benzene rings is 8. The van der Waals surface area contributed by atoms with Gasteiger partial charge in [-0.05, 0) is 111 Å². The van der Waals surface area contributed by atoms with E-state index in [2.05, 4.69) is 283 Å². The first-order chi connectivity index (χ1) is 34.6. The van der Waals surface area contributed by atoms with Crippen LogP contribution >= 0.6 is 0 Å². The second kappa shape index (κ2) is 17.8. The van der Waals surface area contributed by atoms with Crippen LogP contribution in [0.4, 0.5) is 22.7 Å². The fraction of sp³-hybridized carbons (Fsp3) is 0.209. The van der Waals surface area contributed by atoms with Gasteiger partial charge in [-0.15, -0.1) is 0 Å². The summed E-state index contributed by atoms with van der Waals surface area (Å²) in [5.41, 5.74) is 14.8. The van der Waals surface area contributed by atoms with E-state index in [-0.39, 0.29) is 21.7 Å². The quantitative estimate of drug-likeness (QED) is 0.129. The number of anilines is 4. The average molecular weight is 941 g/mol. The molecule has 0 amide bonds. The van der Waals surface area contributed by atoms with E-state index in [1.165, 1.54) is 50.0 Å². The Morgan fingerprint density at radius 3 is 1.56 bits per heavy atom. The second-order valence-electron chi connectivity index (χ2n) is 22.2. The number of hydrogen-bond acceptors (Lipinski definition) is 4. The van der Waals surface area contributed by atoms with Crippen molar-refractivity contribution in [2.75, 3.05) is 16.5 Å². The van der Waals surface area contributed by atoms with Gasteiger partial charge in [0.25, 0.3) is 0 Å². The normalized spacial score (nSPS) is 13.2. The van der Waals surface area contributed by atoms with Crippen LogP contribution in [0.25, 0.3) is 27.6 Å².